The molecule has 6 heteroatoms. The SMILES string of the molecule is Cc1cc2nc(C)c(CCC(=O)NCCc3ccc(Cl)cc3)c(C)n2n1. The first-order valence-corrected chi connectivity index (χ1v) is 9.15. The molecule has 0 aliphatic carbocycles. The Morgan fingerprint density at radius 2 is 1.88 bits per heavy atom. The van der Waals surface area contributed by atoms with Crippen molar-refractivity contribution in [3.8, 4) is 0 Å². The molecule has 0 radical (unpaired) electrons. The van der Waals surface area contributed by atoms with Gasteiger partial charge in [0.25, 0.3) is 0 Å². The number of hydrogen-bond acceptors (Lipinski definition) is 3. The summed E-state index contributed by atoms with van der Waals surface area (Å²) in [5, 5.41) is 8.18. The van der Waals surface area contributed by atoms with Crippen molar-refractivity contribution in [1.29, 1.82) is 0 Å². The van der Waals surface area contributed by atoms with Gasteiger partial charge in [0.15, 0.2) is 5.65 Å². The van der Waals surface area contributed by atoms with Gasteiger partial charge in [-0.25, -0.2) is 9.50 Å². The first-order chi connectivity index (χ1) is 12.4. The number of benzene rings is 1. The highest BCUT2D eigenvalue weighted by molar-refractivity contribution is 6.30. The van der Waals surface area contributed by atoms with Crippen LogP contribution in [-0.4, -0.2) is 27.0 Å². The molecule has 3 aromatic rings. The molecule has 0 saturated heterocycles. The molecular weight excluding hydrogens is 348 g/mol. The molecule has 5 nitrogen and oxygen atoms in total. The zero-order valence-electron chi connectivity index (χ0n) is 15.3. The molecule has 1 N–H and O–H groups in total. The second-order valence-electron chi connectivity index (χ2n) is 6.54. The molecule has 0 saturated carbocycles. The van der Waals surface area contributed by atoms with Crippen LogP contribution in [0.3, 0.4) is 0 Å². The lowest BCUT2D eigenvalue weighted by Crippen LogP contribution is -2.26. The van der Waals surface area contributed by atoms with Gasteiger partial charge in [-0.3, -0.25) is 4.79 Å². The molecule has 0 bridgehead atoms. The van der Waals surface area contributed by atoms with Crippen LogP contribution in [0.1, 0.15) is 34.6 Å². The molecule has 0 spiro atoms. The number of nitrogens with one attached hydrogen (secondary N) is 1. The molecule has 0 aliphatic heterocycles. The smallest absolute Gasteiger partial charge is 0.220 e. The summed E-state index contributed by atoms with van der Waals surface area (Å²) < 4.78 is 1.86. The van der Waals surface area contributed by atoms with Gasteiger partial charge in [-0.15, -0.1) is 0 Å². The van der Waals surface area contributed by atoms with Gasteiger partial charge < -0.3 is 5.32 Å². The maximum atomic E-state index is 12.2. The van der Waals surface area contributed by atoms with Gasteiger partial charge >= 0.3 is 0 Å². The molecule has 136 valence electrons. The molecule has 3 rings (SSSR count). The second kappa shape index (κ2) is 7.87. The summed E-state index contributed by atoms with van der Waals surface area (Å²) in [4.78, 5) is 16.8. The van der Waals surface area contributed by atoms with Crippen molar-refractivity contribution in [1.82, 2.24) is 19.9 Å². The number of rotatable bonds is 6. The van der Waals surface area contributed by atoms with Crippen LogP contribution in [-0.2, 0) is 17.6 Å². The monoisotopic (exact) mass is 370 g/mol. The van der Waals surface area contributed by atoms with E-state index in [4.69, 9.17) is 11.6 Å². The third-order valence-corrected chi connectivity index (χ3v) is 4.79. The van der Waals surface area contributed by atoms with Gasteiger partial charge in [-0.2, -0.15) is 5.10 Å². The highest BCUT2D eigenvalue weighted by Gasteiger charge is 2.12. The summed E-state index contributed by atoms with van der Waals surface area (Å²) in [6.45, 7) is 6.59. The number of aromatic nitrogens is 3. The number of carbonyl (C=O) groups is 1. The Morgan fingerprint density at radius 3 is 2.62 bits per heavy atom. The van der Waals surface area contributed by atoms with Gasteiger partial charge in [0, 0.05) is 35.4 Å². The fourth-order valence-corrected chi connectivity index (χ4v) is 3.25. The topological polar surface area (TPSA) is 59.3 Å². The summed E-state index contributed by atoms with van der Waals surface area (Å²) in [6.07, 6.45) is 1.89. The van der Waals surface area contributed by atoms with E-state index in [1.807, 2.05) is 55.6 Å². The Kier molecular flexibility index (Phi) is 5.57. The minimum Gasteiger partial charge on any atom is -0.356 e. The minimum atomic E-state index is 0.0505. The largest absolute Gasteiger partial charge is 0.356 e. The van der Waals surface area contributed by atoms with Crippen LogP contribution >= 0.6 is 11.6 Å². The zero-order valence-corrected chi connectivity index (χ0v) is 16.1. The first-order valence-electron chi connectivity index (χ1n) is 8.77. The van der Waals surface area contributed by atoms with Crippen molar-refractivity contribution < 1.29 is 4.79 Å². The summed E-state index contributed by atoms with van der Waals surface area (Å²) in [6, 6.07) is 9.66. The fraction of sp³-hybridized carbons (Fsp3) is 0.350. The third kappa shape index (κ3) is 4.22. The van der Waals surface area contributed by atoms with Gasteiger partial charge in [0.05, 0.1) is 5.69 Å². The Balaban J connectivity index is 1.55. The van der Waals surface area contributed by atoms with Crippen molar-refractivity contribution in [2.75, 3.05) is 6.54 Å². The number of nitrogens with zero attached hydrogens (tertiary/aromatic N) is 3. The van der Waals surface area contributed by atoms with Crippen molar-refractivity contribution >= 4 is 23.2 Å². The van der Waals surface area contributed by atoms with Crippen LogP contribution < -0.4 is 5.32 Å². The molecule has 2 heterocycles. The number of hydrogen-bond donors (Lipinski definition) is 1. The Bertz CT molecular complexity index is 931. The van der Waals surface area contributed by atoms with E-state index in [1.54, 1.807) is 0 Å². The molecule has 1 aromatic carbocycles. The average molecular weight is 371 g/mol. The lowest BCUT2D eigenvalue weighted by atomic mass is 10.1. The summed E-state index contributed by atoms with van der Waals surface area (Å²) >= 11 is 5.88. The van der Waals surface area contributed by atoms with Gasteiger partial charge in [0.2, 0.25) is 5.91 Å². The lowest BCUT2D eigenvalue weighted by molar-refractivity contribution is -0.121. The Hall–Kier alpha value is -2.40. The van der Waals surface area contributed by atoms with Crippen molar-refractivity contribution in [3.05, 3.63) is 63.6 Å². The van der Waals surface area contributed by atoms with Crippen LogP contribution in [0.15, 0.2) is 30.3 Å². The van der Waals surface area contributed by atoms with E-state index in [1.165, 1.54) is 0 Å². The number of fused-ring (bicyclic) bond motifs is 1. The normalized spacial score (nSPS) is 11.1. The van der Waals surface area contributed by atoms with Crippen LogP contribution in [0.2, 0.25) is 5.02 Å². The van der Waals surface area contributed by atoms with E-state index in [9.17, 15) is 4.79 Å². The van der Waals surface area contributed by atoms with Crippen LogP contribution in [0.5, 0.6) is 0 Å². The molecule has 0 unspecified atom stereocenters. The van der Waals surface area contributed by atoms with E-state index in [2.05, 4.69) is 15.4 Å². The molecular formula is C20H23ClN4O. The van der Waals surface area contributed by atoms with E-state index in [-0.39, 0.29) is 5.91 Å². The lowest BCUT2D eigenvalue weighted by Gasteiger charge is -2.11. The van der Waals surface area contributed by atoms with E-state index in [0.717, 1.165) is 45.3 Å². The van der Waals surface area contributed by atoms with Crippen molar-refractivity contribution in [2.45, 2.75) is 40.0 Å². The maximum Gasteiger partial charge on any atom is 0.220 e. The summed E-state index contributed by atoms with van der Waals surface area (Å²) in [7, 11) is 0. The average Bonchev–Trinajstić information content (AvgIpc) is 2.97. The third-order valence-electron chi connectivity index (χ3n) is 4.54. The van der Waals surface area contributed by atoms with Crippen molar-refractivity contribution in [2.24, 2.45) is 0 Å². The Labute approximate surface area is 158 Å². The van der Waals surface area contributed by atoms with E-state index < -0.39 is 0 Å². The molecule has 26 heavy (non-hydrogen) atoms. The van der Waals surface area contributed by atoms with Crippen LogP contribution in [0, 0.1) is 20.8 Å². The highest BCUT2D eigenvalue weighted by Crippen LogP contribution is 2.17. The number of aryl methyl sites for hydroxylation is 3. The molecule has 1 amide bonds. The van der Waals surface area contributed by atoms with Gasteiger partial charge in [-0.1, -0.05) is 23.7 Å². The summed E-state index contributed by atoms with van der Waals surface area (Å²) in [5.41, 5.74) is 6.06. The maximum absolute atomic E-state index is 12.2. The van der Waals surface area contributed by atoms with Crippen LogP contribution in [0.4, 0.5) is 0 Å². The zero-order chi connectivity index (χ0) is 18.7. The molecule has 0 aliphatic rings. The number of amides is 1. The quantitative estimate of drug-likeness (QED) is 0.721. The second-order valence-corrected chi connectivity index (χ2v) is 6.98. The number of halogens is 1. The first kappa shape index (κ1) is 18.4. The predicted octanol–water partition coefficient (Wildman–Crippen LogP) is 3.60. The van der Waals surface area contributed by atoms with E-state index in [0.29, 0.717) is 19.4 Å². The van der Waals surface area contributed by atoms with Gasteiger partial charge in [-0.05, 0) is 56.9 Å². The highest BCUT2D eigenvalue weighted by atomic mass is 35.5. The summed E-state index contributed by atoms with van der Waals surface area (Å²) in [5.74, 6) is 0.0505. The predicted molar refractivity (Wildman–Crippen MR) is 104 cm³/mol. The van der Waals surface area contributed by atoms with Crippen molar-refractivity contribution in [3.63, 3.8) is 0 Å². The standard InChI is InChI=1S/C20H23ClN4O/c1-13-12-19-23-14(2)18(15(3)25(19)24-13)8-9-20(26)22-11-10-16-4-6-17(21)7-5-16/h4-7,12H,8-11H2,1-3H3,(H,22,26). The molecule has 0 fully saturated rings. The number of carbonyl (C=O) groups excluding carboxylic acids is 1. The Morgan fingerprint density at radius 1 is 1.15 bits per heavy atom. The minimum absolute atomic E-state index is 0.0505. The van der Waals surface area contributed by atoms with Gasteiger partial charge in [0.1, 0.15) is 0 Å². The van der Waals surface area contributed by atoms with Crippen LogP contribution in [0.25, 0.3) is 5.65 Å². The molecule has 2 aromatic heterocycles. The van der Waals surface area contributed by atoms with E-state index >= 15 is 0 Å². The fourth-order valence-electron chi connectivity index (χ4n) is 3.13. The molecule has 0 atom stereocenters.